The van der Waals surface area contributed by atoms with E-state index in [0.717, 1.165) is 19.4 Å². The summed E-state index contributed by atoms with van der Waals surface area (Å²) in [6.45, 7) is 20.9. The summed E-state index contributed by atoms with van der Waals surface area (Å²) in [6, 6.07) is 0. The van der Waals surface area contributed by atoms with Crippen molar-refractivity contribution >= 4 is 8.32 Å². The average molecular weight is 403 g/mol. The van der Waals surface area contributed by atoms with Gasteiger partial charge < -0.3 is 19.4 Å². The highest BCUT2D eigenvalue weighted by Crippen LogP contribution is 2.43. The molecule has 5 heteroatoms. The van der Waals surface area contributed by atoms with Crippen molar-refractivity contribution in [3.05, 3.63) is 0 Å². The van der Waals surface area contributed by atoms with Gasteiger partial charge >= 0.3 is 0 Å². The van der Waals surface area contributed by atoms with E-state index in [4.69, 9.17) is 9.16 Å². The molecule has 6 atom stereocenters. The number of aliphatic hydroxyl groups is 2. The minimum Gasteiger partial charge on any atom is -0.416 e. The molecule has 1 aliphatic heterocycles. The lowest BCUT2D eigenvalue weighted by molar-refractivity contribution is -0.146. The van der Waals surface area contributed by atoms with Crippen LogP contribution in [0.3, 0.4) is 0 Å². The second-order valence-corrected chi connectivity index (χ2v) is 15.4. The summed E-state index contributed by atoms with van der Waals surface area (Å²) in [7, 11) is -1.86. The maximum atomic E-state index is 10.1. The zero-order valence-electron chi connectivity index (χ0n) is 19.2. The van der Waals surface area contributed by atoms with Gasteiger partial charge in [-0.2, -0.15) is 0 Å². The summed E-state index contributed by atoms with van der Waals surface area (Å²) in [5.41, 5.74) is 1.76. The summed E-state index contributed by atoms with van der Waals surface area (Å²) < 4.78 is 13.2. The molecule has 0 aromatic carbocycles. The predicted molar refractivity (Wildman–Crippen MR) is 115 cm³/mol. The van der Waals surface area contributed by atoms with Gasteiger partial charge in [0.25, 0.3) is 0 Å². The van der Waals surface area contributed by atoms with Crippen molar-refractivity contribution in [3.63, 3.8) is 0 Å². The average Bonchev–Trinajstić information content (AvgIpc) is 2.60. The van der Waals surface area contributed by atoms with E-state index in [0.29, 0.717) is 28.5 Å². The Kier molecular flexibility index (Phi) is 9.97. The lowest BCUT2D eigenvalue weighted by Crippen LogP contribution is -2.50. The van der Waals surface area contributed by atoms with Crippen LogP contribution in [-0.4, -0.2) is 50.1 Å². The van der Waals surface area contributed by atoms with Crippen molar-refractivity contribution in [2.24, 2.45) is 17.8 Å². The van der Waals surface area contributed by atoms with Crippen LogP contribution in [0.2, 0.25) is 16.6 Å². The van der Waals surface area contributed by atoms with Crippen LogP contribution in [0.5, 0.6) is 0 Å². The van der Waals surface area contributed by atoms with Crippen LogP contribution >= 0.6 is 0 Å². The van der Waals surface area contributed by atoms with Gasteiger partial charge in [0.1, 0.15) is 0 Å². The summed E-state index contributed by atoms with van der Waals surface area (Å²) in [5.74, 6) is 0.680. The number of rotatable bonds is 10. The minimum atomic E-state index is -1.86. The van der Waals surface area contributed by atoms with E-state index >= 15 is 0 Å². The molecular formula is C22H46O4Si. The molecule has 162 valence electrons. The molecule has 0 amide bonds. The topological polar surface area (TPSA) is 58.9 Å². The van der Waals surface area contributed by atoms with Gasteiger partial charge in [-0.3, -0.25) is 0 Å². The predicted octanol–water partition coefficient (Wildman–Crippen LogP) is 4.99. The lowest BCUT2D eigenvalue weighted by atomic mass is 9.82. The van der Waals surface area contributed by atoms with E-state index in [1.54, 1.807) is 0 Å². The summed E-state index contributed by atoms with van der Waals surface area (Å²) in [6.07, 6.45) is 1.59. The second kappa shape index (κ2) is 10.7. The van der Waals surface area contributed by atoms with E-state index < -0.39 is 14.4 Å². The van der Waals surface area contributed by atoms with E-state index in [9.17, 15) is 10.2 Å². The van der Waals surface area contributed by atoms with Crippen molar-refractivity contribution in [1.82, 2.24) is 0 Å². The van der Waals surface area contributed by atoms with Crippen LogP contribution in [0.4, 0.5) is 0 Å². The molecule has 1 heterocycles. The van der Waals surface area contributed by atoms with Gasteiger partial charge in [-0.15, -0.1) is 0 Å². The molecule has 1 aliphatic rings. The van der Waals surface area contributed by atoms with Gasteiger partial charge in [0.05, 0.1) is 24.9 Å². The van der Waals surface area contributed by atoms with Gasteiger partial charge in [-0.05, 0) is 35.4 Å². The van der Waals surface area contributed by atoms with Gasteiger partial charge in [0.2, 0.25) is 0 Å². The molecular weight excluding hydrogens is 356 g/mol. The summed E-state index contributed by atoms with van der Waals surface area (Å²) in [5, 5.41) is 19.4. The van der Waals surface area contributed by atoms with Gasteiger partial charge in [-0.25, -0.2) is 0 Å². The monoisotopic (exact) mass is 402 g/mol. The molecule has 1 saturated heterocycles. The molecule has 4 nitrogen and oxygen atoms in total. The fourth-order valence-electron chi connectivity index (χ4n) is 5.32. The van der Waals surface area contributed by atoms with Crippen LogP contribution in [0.25, 0.3) is 0 Å². The van der Waals surface area contributed by atoms with Crippen LogP contribution in [0, 0.1) is 17.8 Å². The molecule has 1 unspecified atom stereocenters. The quantitative estimate of drug-likeness (QED) is 0.506. The highest BCUT2D eigenvalue weighted by molar-refractivity contribution is 6.77. The third-order valence-electron chi connectivity index (χ3n) is 7.05. The highest BCUT2D eigenvalue weighted by Gasteiger charge is 2.46. The normalized spacial score (nSPS) is 28.0. The number of hydrogen-bond acceptors (Lipinski definition) is 4. The van der Waals surface area contributed by atoms with Crippen LogP contribution in [0.15, 0.2) is 0 Å². The smallest absolute Gasteiger partial charge is 0.200 e. The molecule has 1 fully saturated rings. The molecule has 0 aromatic heterocycles. The van der Waals surface area contributed by atoms with Crippen LogP contribution in [0.1, 0.15) is 75.2 Å². The molecule has 0 bridgehead atoms. The zero-order chi connectivity index (χ0) is 20.9. The Labute approximate surface area is 169 Å². The Hall–Kier alpha value is 0.0569. The Bertz CT molecular complexity index is 405. The largest absolute Gasteiger partial charge is 0.416 e. The fourth-order valence-corrected chi connectivity index (χ4v) is 10.9. The first kappa shape index (κ1) is 25.1. The van der Waals surface area contributed by atoms with E-state index in [-0.39, 0.29) is 24.7 Å². The Balaban J connectivity index is 2.79. The molecule has 0 aliphatic carbocycles. The molecule has 0 aromatic rings. The fraction of sp³-hybridized carbons (Fsp3) is 1.00. The van der Waals surface area contributed by atoms with Gasteiger partial charge in [0.15, 0.2) is 8.32 Å². The van der Waals surface area contributed by atoms with Crippen LogP contribution < -0.4 is 0 Å². The SMILES string of the molecule is CC(C)[Si](OC[C@@H](C)[C@@H]1CC[C@H](C)[C@@H]([C@H](C)C(O)CO)O1)(C(C)C)C(C)C. The second-order valence-electron chi connectivity index (χ2n) is 9.91. The standard InChI is InChI=1S/C22H46O4Si/c1-14(2)27(15(3)4,16(5)6)25-13-18(8)21-11-10-17(7)22(26-21)19(9)20(24)12-23/h14-24H,10-13H2,1-9H3/t17-,18+,19+,20?,21-,22-/m0/s1. The maximum Gasteiger partial charge on any atom is 0.200 e. The number of ether oxygens (including phenoxy) is 1. The Morgan fingerprint density at radius 3 is 1.93 bits per heavy atom. The van der Waals surface area contributed by atoms with Crippen molar-refractivity contribution < 1.29 is 19.4 Å². The molecule has 1 rings (SSSR count). The van der Waals surface area contributed by atoms with Crippen molar-refractivity contribution in [1.29, 1.82) is 0 Å². The molecule has 0 radical (unpaired) electrons. The first-order valence-corrected chi connectivity index (χ1v) is 13.2. The molecule has 0 spiro atoms. The summed E-state index contributed by atoms with van der Waals surface area (Å²) >= 11 is 0. The molecule has 0 saturated carbocycles. The van der Waals surface area contributed by atoms with Crippen LogP contribution in [-0.2, 0) is 9.16 Å². The molecule has 2 N–H and O–H groups in total. The van der Waals surface area contributed by atoms with E-state index in [1.165, 1.54) is 0 Å². The van der Waals surface area contributed by atoms with Crippen molar-refractivity contribution in [2.45, 2.75) is 110 Å². The number of aliphatic hydroxyl groups excluding tert-OH is 2. The number of hydrogen-bond donors (Lipinski definition) is 2. The van der Waals surface area contributed by atoms with Gasteiger partial charge in [-0.1, -0.05) is 62.3 Å². The van der Waals surface area contributed by atoms with E-state index in [2.05, 4.69) is 55.4 Å². The highest BCUT2D eigenvalue weighted by atomic mass is 28.4. The zero-order valence-corrected chi connectivity index (χ0v) is 20.2. The van der Waals surface area contributed by atoms with Crippen molar-refractivity contribution in [3.8, 4) is 0 Å². The Morgan fingerprint density at radius 2 is 1.48 bits per heavy atom. The maximum absolute atomic E-state index is 10.1. The Morgan fingerprint density at radius 1 is 0.963 bits per heavy atom. The third kappa shape index (κ3) is 5.78. The molecule has 27 heavy (non-hydrogen) atoms. The third-order valence-corrected chi connectivity index (χ3v) is 13.1. The van der Waals surface area contributed by atoms with Gasteiger partial charge in [0, 0.05) is 18.4 Å². The minimum absolute atomic E-state index is 0.00403. The lowest BCUT2D eigenvalue weighted by Gasteiger charge is -2.45. The van der Waals surface area contributed by atoms with E-state index in [1.807, 2.05) is 6.92 Å². The first-order chi connectivity index (χ1) is 12.5. The van der Waals surface area contributed by atoms with Crippen molar-refractivity contribution in [2.75, 3.05) is 13.2 Å². The first-order valence-electron chi connectivity index (χ1n) is 11.1. The summed E-state index contributed by atoms with van der Waals surface area (Å²) in [4.78, 5) is 0.